The van der Waals surface area contributed by atoms with E-state index in [-0.39, 0.29) is 11.7 Å². The van der Waals surface area contributed by atoms with Crippen LogP contribution in [0.25, 0.3) is 0 Å². The predicted octanol–water partition coefficient (Wildman–Crippen LogP) is 2.21. The number of rotatable bonds is 1. The van der Waals surface area contributed by atoms with Crippen molar-refractivity contribution in [2.75, 3.05) is 0 Å². The molecular formula is C13H17NO3. The second-order valence-electron chi connectivity index (χ2n) is 5.44. The van der Waals surface area contributed by atoms with E-state index in [0.29, 0.717) is 17.7 Å². The third kappa shape index (κ3) is 1.62. The summed E-state index contributed by atoms with van der Waals surface area (Å²) in [4.78, 5) is 12.0. The highest BCUT2D eigenvalue weighted by atomic mass is 16.5. The van der Waals surface area contributed by atoms with E-state index in [4.69, 9.17) is 4.52 Å². The molecule has 0 aromatic carbocycles. The number of hydrogen-bond donors (Lipinski definition) is 1. The number of hydrogen-bond acceptors (Lipinski definition) is 4. The molecule has 0 aliphatic heterocycles. The van der Waals surface area contributed by atoms with Crippen molar-refractivity contribution in [2.24, 2.45) is 0 Å². The Labute approximate surface area is 100.0 Å². The quantitative estimate of drug-likeness (QED) is 0.810. The van der Waals surface area contributed by atoms with Crippen molar-refractivity contribution in [1.29, 1.82) is 0 Å². The molecule has 3 rings (SSSR count). The number of carbonyl (C=O) groups excluding carboxylic acids is 1. The Morgan fingerprint density at radius 1 is 1.41 bits per heavy atom. The number of fused-ring (bicyclic) bond motifs is 1. The summed E-state index contributed by atoms with van der Waals surface area (Å²) in [7, 11) is 0. The van der Waals surface area contributed by atoms with Gasteiger partial charge in [-0.2, -0.15) is 0 Å². The van der Waals surface area contributed by atoms with Crippen molar-refractivity contribution in [1.82, 2.24) is 5.16 Å². The number of aryl methyl sites for hydroxylation is 1. The Morgan fingerprint density at radius 2 is 2.24 bits per heavy atom. The van der Waals surface area contributed by atoms with Gasteiger partial charge in [0.2, 0.25) is 0 Å². The molecule has 2 aliphatic rings. The second-order valence-corrected chi connectivity index (χ2v) is 5.44. The lowest BCUT2D eigenvalue weighted by molar-refractivity contribution is 0.0473. The average Bonchev–Trinajstić information content (AvgIpc) is 2.82. The van der Waals surface area contributed by atoms with Gasteiger partial charge in [-0.3, -0.25) is 4.79 Å². The monoisotopic (exact) mass is 235 g/mol. The molecule has 1 aromatic heterocycles. The second kappa shape index (κ2) is 3.67. The van der Waals surface area contributed by atoms with Crippen LogP contribution in [-0.2, 0) is 6.42 Å². The summed E-state index contributed by atoms with van der Waals surface area (Å²) >= 11 is 0. The lowest BCUT2D eigenvalue weighted by Crippen LogP contribution is -2.28. The minimum absolute atomic E-state index is 0.0444. The van der Waals surface area contributed by atoms with Crippen LogP contribution in [0.15, 0.2) is 4.52 Å². The van der Waals surface area contributed by atoms with E-state index in [0.717, 1.165) is 37.9 Å². The summed E-state index contributed by atoms with van der Waals surface area (Å²) in [6.45, 7) is 1.83. The summed E-state index contributed by atoms with van der Waals surface area (Å²) < 4.78 is 5.28. The van der Waals surface area contributed by atoms with Gasteiger partial charge in [-0.25, -0.2) is 0 Å². The molecule has 1 aromatic rings. The van der Waals surface area contributed by atoms with Gasteiger partial charge in [0.15, 0.2) is 5.78 Å². The van der Waals surface area contributed by atoms with Crippen LogP contribution in [0.4, 0.5) is 0 Å². The van der Waals surface area contributed by atoms with Gasteiger partial charge in [-0.05, 0) is 32.6 Å². The largest absolute Gasteiger partial charge is 0.389 e. The first-order valence-electron chi connectivity index (χ1n) is 6.33. The topological polar surface area (TPSA) is 63.3 Å². The number of ketones is 1. The molecule has 2 aliphatic carbocycles. The summed E-state index contributed by atoms with van der Waals surface area (Å²) in [6, 6.07) is 0. The standard InChI is InChI=1S/C13H17NO3/c1-13(16)7-3-4-8(13)12-11-9(15)5-2-6-10(11)17-14-12/h8,16H,2-7H2,1H3/t8-,13+/m0/s1. The first-order valence-corrected chi connectivity index (χ1v) is 6.33. The molecule has 1 N–H and O–H groups in total. The van der Waals surface area contributed by atoms with Crippen LogP contribution in [0.2, 0.25) is 0 Å². The molecule has 4 nitrogen and oxygen atoms in total. The Bertz CT molecular complexity index is 461. The first kappa shape index (κ1) is 11.0. The Kier molecular flexibility index (Phi) is 2.36. The molecule has 1 fully saturated rings. The van der Waals surface area contributed by atoms with E-state index in [2.05, 4.69) is 5.16 Å². The maximum Gasteiger partial charge on any atom is 0.168 e. The Balaban J connectivity index is 2.04. The lowest BCUT2D eigenvalue weighted by Gasteiger charge is -2.24. The molecule has 1 heterocycles. The van der Waals surface area contributed by atoms with Gasteiger partial charge in [0, 0.05) is 18.8 Å². The molecule has 92 valence electrons. The van der Waals surface area contributed by atoms with Crippen LogP contribution in [0.5, 0.6) is 0 Å². The maximum atomic E-state index is 12.0. The minimum Gasteiger partial charge on any atom is -0.389 e. The summed E-state index contributed by atoms with van der Waals surface area (Å²) in [5.74, 6) is 0.807. The predicted molar refractivity (Wildman–Crippen MR) is 61.0 cm³/mol. The number of carbonyl (C=O) groups is 1. The zero-order valence-electron chi connectivity index (χ0n) is 10.0. The highest BCUT2D eigenvalue weighted by molar-refractivity contribution is 5.99. The molecule has 2 atom stereocenters. The molecule has 0 spiro atoms. The fraction of sp³-hybridized carbons (Fsp3) is 0.692. The number of aromatic nitrogens is 1. The Hall–Kier alpha value is -1.16. The van der Waals surface area contributed by atoms with Crippen LogP contribution in [-0.4, -0.2) is 21.6 Å². The van der Waals surface area contributed by atoms with Crippen LogP contribution >= 0.6 is 0 Å². The number of Topliss-reactive ketones (excluding diaryl/α,β-unsaturated/α-hetero) is 1. The number of nitrogens with zero attached hydrogens (tertiary/aromatic N) is 1. The van der Waals surface area contributed by atoms with E-state index < -0.39 is 5.60 Å². The fourth-order valence-electron chi connectivity index (χ4n) is 3.16. The van der Waals surface area contributed by atoms with E-state index in [1.165, 1.54) is 0 Å². The van der Waals surface area contributed by atoms with Crippen LogP contribution in [0.1, 0.15) is 66.8 Å². The lowest BCUT2D eigenvalue weighted by atomic mass is 9.84. The van der Waals surface area contributed by atoms with Gasteiger partial charge < -0.3 is 9.63 Å². The maximum absolute atomic E-state index is 12.0. The highest BCUT2D eigenvalue weighted by Crippen LogP contribution is 2.44. The molecule has 17 heavy (non-hydrogen) atoms. The van der Waals surface area contributed by atoms with Crippen LogP contribution in [0, 0.1) is 0 Å². The summed E-state index contributed by atoms with van der Waals surface area (Å²) in [5, 5.41) is 14.4. The van der Waals surface area contributed by atoms with Crippen molar-refractivity contribution < 1.29 is 14.4 Å². The van der Waals surface area contributed by atoms with E-state index in [1.807, 2.05) is 6.92 Å². The SMILES string of the molecule is C[C@@]1(O)CCC[C@H]1c1noc2c1C(=O)CCC2. The fourth-order valence-corrected chi connectivity index (χ4v) is 3.16. The third-order valence-corrected chi connectivity index (χ3v) is 4.13. The normalized spacial score (nSPS) is 32.8. The molecular weight excluding hydrogens is 218 g/mol. The molecule has 1 saturated carbocycles. The molecule has 0 radical (unpaired) electrons. The van der Waals surface area contributed by atoms with Crippen LogP contribution in [0.3, 0.4) is 0 Å². The van der Waals surface area contributed by atoms with E-state index in [1.54, 1.807) is 0 Å². The van der Waals surface area contributed by atoms with Gasteiger partial charge in [0.1, 0.15) is 11.5 Å². The molecule has 0 saturated heterocycles. The van der Waals surface area contributed by atoms with Crippen molar-refractivity contribution >= 4 is 5.78 Å². The minimum atomic E-state index is -0.748. The molecule has 0 amide bonds. The van der Waals surface area contributed by atoms with Crippen molar-refractivity contribution in [3.05, 3.63) is 17.0 Å². The van der Waals surface area contributed by atoms with Gasteiger partial charge >= 0.3 is 0 Å². The van der Waals surface area contributed by atoms with Gasteiger partial charge in [-0.15, -0.1) is 0 Å². The molecule has 0 bridgehead atoms. The summed E-state index contributed by atoms with van der Waals surface area (Å²) in [6.07, 6.45) is 4.86. The zero-order chi connectivity index (χ0) is 12.0. The van der Waals surface area contributed by atoms with E-state index in [9.17, 15) is 9.90 Å². The smallest absolute Gasteiger partial charge is 0.168 e. The van der Waals surface area contributed by atoms with Gasteiger partial charge in [0.05, 0.1) is 11.2 Å². The van der Waals surface area contributed by atoms with Crippen LogP contribution < -0.4 is 0 Å². The van der Waals surface area contributed by atoms with Crippen molar-refractivity contribution in [3.8, 4) is 0 Å². The summed E-state index contributed by atoms with van der Waals surface area (Å²) in [5.41, 5.74) is 0.623. The highest BCUT2D eigenvalue weighted by Gasteiger charge is 2.42. The van der Waals surface area contributed by atoms with Gasteiger partial charge in [-0.1, -0.05) is 5.16 Å². The average molecular weight is 235 g/mol. The number of aliphatic hydroxyl groups is 1. The van der Waals surface area contributed by atoms with Crippen molar-refractivity contribution in [3.63, 3.8) is 0 Å². The zero-order valence-corrected chi connectivity index (χ0v) is 10.0. The van der Waals surface area contributed by atoms with Crippen molar-refractivity contribution in [2.45, 2.75) is 57.0 Å². The molecule has 4 heteroatoms. The Morgan fingerprint density at radius 3 is 2.94 bits per heavy atom. The van der Waals surface area contributed by atoms with E-state index >= 15 is 0 Å². The van der Waals surface area contributed by atoms with Gasteiger partial charge in [0.25, 0.3) is 0 Å². The third-order valence-electron chi connectivity index (χ3n) is 4.13. The first-order chi connectivity index (χ1) is 8.09. The molecule has 0 unspecified atom stereocenters.